The van der Waals surface area contributed by atoms with E-state index in [4.69, 9.17) is 4.74 Å². The van der Waals surface area contributed by atoms with Crippen molar-refractivity contribution in [2.24, 2.45) is 0 Å². The fraction of sp³-hybridized carbons (Fsp3) is 0.417. The van der Waals surface area contributed by atoms with E-state index in [9.17, 15) is 9.18 Å². The predicted octanol–water partition coefficient (Wildman–Crippen LogP) is 2.50. The van der Waals surface area contributed by atoms with Crippen LogP contribution >= 0.6 is 0 Å². The zero-order chi connectivity index (χ0) is 12.1. The molecule has 0 saturated carbocycles. The summed E-state index contributed by atoms with van der Waals surface area (Å²) in [7, 11) is 0. The highest BCUT2D eigenvalue weighted by molar-refractivity contribution is 5.75. The lowest BCUT2D eigenvalue weighted by atomic mass is 10.2. The van der Waals surface area contributed by atoms with E-state index in [-0.39, 0.29) is 24.4 Å². The molecule has 1 N–H and O–H groups in total. The zero-order valence-electron chi connectivity index (χ0n) is 9.71. The SMILES string of the molecule is Cc1cc(F)ccc1NCC(=O)OC(C)C. The summed E-state index contributed by atoms with van der Waals surface area (Å²) in [6.45, 7) is 5.45. The van der Waals surface area contributed by atoms with Crippen LogP contribution in [0.1, 0.15) is 19.4 Å². The maximum absolute atomic E-state index is 12.8. The Balaban J connectivity index is 2.51. The molecule has 3 nitrogen and oxygen atoms in total. The summed E-state index contributed by atoms with van der Waals surface area (Å²) >= 11 is 0. The van der Waals surface area contributed by atoms with Crippen LogP contribution in [0.25, 0.3) is 0 Å². The van der Waals surface area contributed by atoms with E-state index in [1.54, 1.807) is 26.8 Å². The molecule has 0 bridgehead atoms. The number of nitrogens with one attached hydrogen (secondary N) is 1. The number of halogens is 1. The minimum atomic E-state index is -0.321. The van der Waals surface area contributed by atoms with Crippen LogP contribution in [-0.2, 0) is 9.53 Å². The molecule has 0 spiro atoms. The maximum Gasteiger partial charge on any atom is 0.325 e. The van der Waals surface area contributed by atoms with Gasteiger partial charge in [-0.25, -0.2) is 4.39 Å². The Hall–Kier alpha value is -1.58. The minimum absolute atomic E-state index is 0.0879. The van der Waals surface area contributed by atoms with Crippen molar-refractivity contribution in [3.63, 3.8) is 0 Å². The quantitative estimate of drug-likeness (QED) is 0.800. The molecule has 4 heteroatoms. The van der Waals surface area contributed by atoms with Crippen LogP contribution in [0.15, 0.2) is 18.2 Å². The highest BCUT2D eigenvalue weighted by Gasteiger charge is 2.06. The first-order valence-corrected chi connectivity index (χ1v) is 5.18. The van der Waals surface area contributed by atoms with E-state index < -0.39 is 0 Å². The highest BCUT2D eigenvalue weighted by atomic mass is 19.1. The van der Waals surface area contributed by atoms with Gasteiger partial charge in [0.15, 0.2) is 0 Å². The summed E-state index contributed by atoms with van der Waals surface area (Å²) in [6.07, 6.45) is -0.122. The van der Waals surface area contributed by atoms with Crippen molar-refractivity contribution in [3.8, 4) is 0 Å². The number of esters is 1. The van der Waals surface area contributed by atoms with Crippen molar-refractivity contribution < 1.29 is 13.9 Å². The molecule has 0 atom stereocenters. The first-order chi connectivity index (χ1) is 7.49. The van der Waals surface area contributed by atoms with Gasteiger partial charge in [0.2, 0.25) is 0 Å². The third-order valence-electron chi connectivity index (χ3n) is 1.98. The molecule has 1 aromatic carbocycles. The van der Waals surface area contributed by atoms with Gasteiger partial charge in [0.05, 0.1) is 6.10 Å². The Morgan fingerprint density at radius 1 is 1.50 bits per heavy atom. The summed E-state index contributed by atoms with van der Waals surface area (Å²) in [5, 5.41) is 2.90. The number of benzene rings is 1. The number of carbonyl (C=O) groups is 1. The van der Waals surface area contributed by atoms with Gasteiger partial charge in [0.1, 0.15) is 12.4 Å². The molecule has 1 rings (SSSR count). The lowest BCUT2D eigenvalue weighted by molar-refractivity contribution is -0.145. The minimum Gasteiger partial charge on any atom is -0.462 e. The predicted molar refractivity (Wildman–Crippen MR) is 60.9 cm³/mol. The second-order valence-corrected chi connectivity index (χ2v) is 3.85. The molecule has 0 unspecified atom stereocenters. The number of hydrogen-bond donors (Lipinski definition) is 1. The maximum atomic E-state index is 12.8. The Bertz CT molecular complexity index is 377. The molecular weight excluding hydrogens is 209 g/mol. The van der Waals surface area contributed by atoms with E-state index >= 15 is 0 Å². The van der Waals surface area contributed by atoms with Crippen LogP contribution in [-0.4, -0.2) is 18.6 Å². The van der Waals surface area contributed by atoms with E-state index in [0.717, 1.165) is 11.3 Å². The molecule has 0 aliphatic carbocycles. The van der Waals surface area contributed by atoms with Gasteiger partial charge in [-0.05, 0) is 44.5 Å². The van der Waals surface area contributed by atoms with Gasteiger partial charge in [-0.3, -0.25) is 4.79 Å². The number of carbonyl (C=O) groups excluding carboxylic acids is 1. The van der Waals surface area contributed by atoms with Gasteiger partial charge in [-0.15, -0.1) is 0 Å². The van der Waals surface area contributed by atoms with E-state index in [0.29, 0.717) is 0 Å². The molecule has 0 aliphatic heterocycles. The average Bonchev–Trinajstić information content (AvgIpc) is 2.15. The summed E-state index contributed by atoms with van der Waals surface area (Å²) in [6, 6.07) is 4.37. The van der Waals surface area contributed by atoms with Gasteiger partial charge in [-0.2, -0.15) is 0 Å². The molecule has 88 valence electrons. The van der Waals surface area contributed by atoms with Crippen molar-refractivity contribution in [3.05, 3.63) is 29.6 Å². The molecule has 1 aromatic rings. The second kappa shape index (κ2) is 5.49. The van der Waals surface area contributed by atoms with Crippen LogP contribution in [0.4, 0.5) is 10.1 Å². The van der Waals surface area contributed by atoms with Crippen molar-refractivity contribution in [2.75, 3.05) is 11.9 Å². The van der Waals surface area contributed by atoms with Crippen molar-refractivity contribution >= 4 is 11.7 Å². The van der Waals surface area contributed by atoms with Gasteiger partial charge >= 0.3 is 5.97 Å². The normalized spacial score (nSPS) is 10.3. The summed E-state index contributed by atoms with van der Waals surface area (Å²) in [4.78, 5) is 11.2. The fourth-order valence-electron chi connectivity index (χ4n) is 1.30. The van der Waals surface area contributed by atoms with Crippen LogP contribution in [0, 0.1) is 12.7 Å². The monoisotopic (exact) mass is 225 g/mol. The molecule has 0 heterocycles. The summed E-state index contributed by atoms with van der Waals surface area (Å²) in [5.41, 5.74) is 1.50. The first-order valence-electron chi connectivity index (χ1n) is 5.18. The van der Waals surface area contributed by atoms with Gasteiger partial charge in [0, 0.05) is 5.69 Å². The third-order valence-corrected chi connectivity index (χ3v) is 1.98. The number of anilines is 1. The number of hydrogen-bond acceptors (Lipinski definition) is 3. The van der Waals surface area contributed by atoms with E-state index in [1.165, 1.54) is 12.1 Å². The molecule has 0 amide bonds. The Labute approximate surface area is 94.6 Å². The number of ether oxygens (including phenoxy) is 1. The molecule has 0 fully saturated rings. The van der Waals surface area contributed by atoms with Crippen molar-refractivity contribution in [2.45, 2.75) is 26.9 Å². The van der Waals surface area contributed by atoms with Crippen LogP contribution < -0.4 is 5.32 Å². The fourth-order valence-corrected chi connectivity index (χ4v) is 1.30. The zero-order valence-corrected chi connectivity index (χ0v) is 9.71. The Kier molecular flexibility index (Phi) is 4.28. The molecular formula is C12H16FNO2. The van der Waals surface area contributed by atoms with Crippen LogP contribution in [0.5, 0.6) is 0 Å². The number of aryl methyl sites for hydroxylation is 1. The van der Waals surface area contributed by atoms with Crippen LogP contribution in [0.2, 0.25) is 0 Å². The topological polar surface area (TPSA) is 38.3 Å². The second-order valence-electron chi connectivity index (χ2n) is 3.85. The van der Waals surface area contributed by atoms with Gasteiger partial charge in [-0.1, -0.05) is 0 Å². The molecule has 16 heavy (non-hydrogen) atoms. The molecule has 0 aliphatic rings. The van der Waals surface area contributed by atoms with Crippen LogP contribution in [0.3, 0.4) is 0 Å². The largest absolute Gasteiger partial charge is 0.462 e. The van der Waals surface area contributed by atoms with E-state index in [2.05, 4.69) is 5.32 Å². The van der Waals surface area contributed by atoms with Gasteiger partial charge in [0.25, 0.3) is 0 Å². The Morgan fingerprint density at radius 3 is 2.75 bits per heavy atom. The standard InChI is InChI=1S/C12H16FNO2/c1-8(2)16-12(15)7-14-11-5-4-10(13)6-9(11)3/h4-6,8,14H,7H2,1-3H3. The van der Waals surface area contributed by atoms with Crippen molar-refractivity contribution in [1.82, 2.24) is 0 Å². The molecule has 0 saturated heterocycles. The first kappa shape index (κ1) is 12.5. The molecule has 0 aromatic heterocycles. The van der Waals surface area contributed by atoms with Gasteiger partial charge < -0.3 is 10.1 Å². The van der Waals surface area contributed by atoms with Crippen molar-refractivity contribution in [1.29, 1.82) is 0 Å². The highest BCUT2D eigenvalue weighted by Crippen LogP contribution is 2.15. The summed E-state index contributed by atoms with van der Waals surface area (Å²) in [5.74, 6) is -0.605. The average molecular weight is 225 g/mol. The molecule has 0 radical (unpaired) electrons. The number of rotatable bonds is 4. The lowest BCUT2D eigenvalue weighted by Gasteiger charge is -2.11. The summed E-state index contributed by atoms with van der Waals surface area (Å²) < 4.78 is 17.8. The van der Waals surface area contributed by atoms with E-state index in [1.807, 2.05) is 0 Å². The Morgan fingerprint density at radius 2 is 2.19 bits per heavy atom. The smallest absolute Gasteiger partial charge is 0.325 e. The third kappa shape index (κ3) is 3.88. The lowest BCUT2D eigenvalue weighted by Crippen LogP contribution is -2.20.